The number of benzene rings is 2. The van der Waals surface area contributed by atoms with Crippen LogP contribution in [0.5, 0.6) is 17.2 Å². The fraction of sp³-hybridized carbons (Fsp3) is 0.167. The van der Waals surface area contributed by atoms with Crippen LogP contribution in [-0.4, -0.2) is 30.7 Å². The number of Topliss-reactive ketones (excluding diaryl/α,β-unsaturated/α-hetero) is 1. The zero-order valence-corrected chi connectivity index (χ0v) is 17.3. The van der Waals surface area contributed by atoms with E-state index in [0.717, 1.165) is 0 Å². The van der Waals surface area contributed by atoms with Crippen molar-refractivity contribution >= 4 is 23.1 Å². The maximum atomic E-state index is 13.1. The number of carbonyl (C=O) groups is 2. The second-order valence-electron chi connectivity index (χ2n) is 7.38. The van der Waals surface area contributed by atoms with E-state index in [0.29, 0.717) is 40.0 Å². The number of aliphatic hydroxyl groups excluding tert-OH is 1. The van der Waals surface area contributed by atoms with Crippen molar-refractivity contribution in [1.29, 1.82) is 0 Å². The van der Waals surface area contributed by atoms with Crippen molar-refractivity contribution in [2.75, 3.05) is 18.8 Å². The smallest absolute Gasteiger partial charge is 0.300 e. The Morgan fingerprint density at radius 2 is 1.78 bits per heavy atom. The van der Waals surface area contributed by atoms with Gasteiger partial charge in [0.2, 0.25) is 6.79 Å². The summed E-state index contributed by atoms with van der Waals surface area (Å²) in [7, 11) is 1.53. The number of hydrogen-bond donors (Lipinski definition) is 1. The number of aliphatic hydroxyl groups is 1. The summed E-state index contributed by atoms with van der Waals surface area (Å²) in [5.74, 6) is 0.694. The number of rotatable bonds is 4. The molecule has 2 aliphatic heterocycles. The Morgan fingerprint density at radius 3 is 2.47 bits per heavy atom. The Labute approximate surface area is 183 Å². The zero-order chi connectivity index (χ0) is 22.4. The van der Waals surface area contributed by atoms with Gasteiger partial charge in [0.15, 0.2) is 11.5 Å². The van der Waals surface area contributed by atoms with Gasteiger partial charge in [-0.15, -0.1) is 0 Å². The maximum Gasteiger partial charge on any atom is 0.300 e. The third-order valence-electron chi connectivity index (χ3n) is 5.47. The van der Waals surface area contributed by atoms with Gasteiger partial charge >= 0.3 is 0 Å². The van der Waals surface area contributed by atoms with E-state index in [1.54, 1.807) is 61.5 Å². The quantitative estimate of drug-likeness (QED) is 0.378. The van der Waals surface area contributed by atoms with Crippen LogP contribution in [0.25, 0.3) is 5.76 Å². The van der Waals surface area contributed by atoms with Crippen LogP contribution in [0.3, 0.4) is 0 Å². The number of anilines is 1. The monoisotopic (exact) mass is 433 g/mol. The number of methoxy groups -OCH3 is 1. The standard InChI is InChI=1S/C24H19NO7/c1-13-3-9-18(32-13)21-20(22(26)14-4-7-16(29-2)8-5-14)23(27)24(28)25(21)15-6-10-17-19(11-15)31-12-30-17/h3-11,21,26H,12H2,1-2H3/b22-20-. The van der Waals surface area contributed by atoms with E-state index < -0.39 is 17.7 Å². The molecule has 1 fully saturated rings. The molecule has 0 spiro atoms. The van der Waals surface area contributed by atoms with Crippen LogP contribution in [0.15, 0.2) is 64.6 Å². The van der Waals surface area contributed by atoms with Crippen molar-refractivity contribution < 1.29 is 33.3 Å². The minimum absolute atomic E-state index is 0.0628. The van der Waals surface area contributed by atoms with Gasteiger partial charge in [-0.2, -0.15) is 0 Å². The van der Waals surface area contributed by atoms with Crippen LogP contribution in [0.2, 0.25) is 0 Å². The van der Waals surface area contributed by atoms with Gasteiger partial charge in [0.25, 0.3) is 11.7 Å². The summed E-state index contributed by atoms with van der Waals surface area (Å²) in [6, 6.07) is 14.0. The Kier molecular flexibility index (Phi) is 4.62. The molecule has 1 saturated heterocycles. The predicted molar refractivity (Wildman–Crippen MR) is 114 cm³/mol. The van der Waals surface area contributed by atoms with Crippen LogP contribution >= 0.6 is 0 Å². The number of furan rings is 1. The van der Waals surface area contributed by atoms with Crippen LogP contribution in [-0.2, 0) is 9.59 Å². The minimum Gasteiger partial charge on any atom is -0.507 e. The van der Waals surface area contributed by atoms with Crippen LogP contribution in [0.4, 0.5) is 5.69 Å². The highest BCUT2D eigenvalue weighted by Gasteiger charge is 2.48. The molecule has 0 bridgehead atoms. The molecule has 32 heavy (non-hydrogen) atoms. The number of ketones is 1. The van der Waals surface area contributed by atoms with Gasteiger partial charge in [-0.1, -0.05) is 0 Å². The van der Waals surface area contributed by atoms with Crippen molar-refractivity contribution in [3.8, 4) is 17.2 Å². The van der Waals surface area contributed by atoms with E-state index in [1.807, 2.05) is 0 Å². The van der Waals surface area contributed by atoms with E-state index in [-0.39, 0.29) is 18.1 Å². The topological polar surface area (TPSA) is 98.4 Å². The van der Waals surface area contributed by atoms with E-state index >= 15 is 0 Å². The number of nitrogens with zero attached hydrogens (tertiary/aromatic N) is 1. The van der Waals surface area contributed by atoms with E-state index in [9.17, 15) is 14.7 Å². The number of carbonyl (C=O) groups excluding carboxylic acids is 2. The number of amides is 1. The Balaban J connectivity index is 1.67. The summed E-state index contributed by atoms with van der Waals surface area (Å²) in [6.07, 6.45) is 0. The van der Waals surface area contributed by atoms with Gasteiger partial charge in [0.1, 0.15) is 29.1 Å². The molecule has 3 heterocycles. The van der Waals surface area contributed by atoms with E-state index in [1.165, 1.54) is 12.0 Å². The van der Waals surface area contributed by atoms with Crippen LogP contribution in [0, 0.1) is 6.92 Å². The molecule has 2 aliphatic rings. The van der Waals surface area contributed by atoms with Gasteiger partial charge in [-0.25, -0.2) is 0 Å². The highest BCUT2D eigenvalue weighted by Crippen LogP contribution is 2.45. The molecule has 0 radical (unpaired) electrons. The molecular formula is C24H19NO7. The van der Waals surface area contributed by atoms with Gasteiger partial charge in [-0.3, -0.25) is 14.5 Å². The molecule has 1 unspecified atom stereocenters. The fourth-order valence-corrected chi connectivity index (χ4v) is 3.91. The van der Waals surface area contributed by atoms with Gasteiger partial charge in [0, 0.05) is 17.3 Å². The number of hydrogen-bond acceptors (Lipinski definition) is 7. The van der Waals surface area contributed by atoms with Crippen LogP contribution in [0.1, 0.15) is 23.1 Å². The van der Waals surface area contributed by atoms with E-state index in [4.69, 9.17) is 18.6 Å². The summed E-state index contributed by atoms with van der Waals surface area (Å²) in [5, 5.41) is 11.1. The van der Waals surface area contributed by atoms with Crippen molar-refractivity contribution in [3.63, 3.8) is 0 Å². The average Bonchev–Trinajstić information content (AvgIpc) is 3.51. The fourth-order valence-electron chi connectivity index (χ4n) is 3.91. The molecule has 5 rings (SSSR count). The van der Waals surface area contributed by atoms with Crippen molar-refractivity contribution in [1.82, 2.24) is 0 Å². The summed E-state index contributed by atoms with van der Waals surface area (Å²) in [6.45, 7) is 1.84. The molecule has 2 aromatic carbocycles. The number of ether oxygens (including phenoxy) is 3. The molecule has 0 saturated carbocycles. The van der Waals surface area contributed by atoms with E-state index in [2.05, 4.69) is 0 Å². The Morgan fingerprint density at radius 1 is 1.03 bits per heavy atom. The first-order valence-electron chi connectivity index (χ1n) is 9.89. The summed E-state index contributed by atoms with van der Waals surface area (Å²) in [4.78, 5) is 27.6. The highest BCUT2D eigenvalue weighted by atomic mass is 16.7. The second kappa shape index (κ2) is 7.49. The molecule has 1 amide bonds. The first-order valence-corrected chi connectivity index (χ1v) is 9.89. The lowest BCUT2D eigenvalue weighted by molar-refractivity contribution is -0.132. The van der Waals surface area contributed by atoms with Crippen molar-refractivity contribution in [2.24, 2.45) is 0 Å². The number of fused-ring (bicyclic) bond motifs is 1. The van der Waals surface area contributed by atoms with Gasteiger partial charge < -0.3 is 23.7 Å². The number of aryl methyl sites for hydroxylation is 1. The molecule has 1 aromatic heterocycles. The molecular weight excluding hydrogens is 414 g/mol. The third kappa shape index (κ3) is 3.08. The lowest BCUT2D eigenvalue weighted by Gasteiger charge is -2.23. The first kappa shape index (κ1) is 19.7. The molecule has 8 nitrogen and oxygen atoms in total. The summed E-state index contributed by atoms with van der Waals surface area (Å²) in [5.41, 5.74) is 0.735. The SMILES string of the molecule is COc1ccc(/C(O)=C2/C(=O)C(=O)N(c3ccc4c(c3)OCO4)C2c2ccc(C)o2)cc1. The van der Waals surface area contributed by atoms with Crippen LogP contribution < -0.4 is 19.1 Å². The zero-order valence-electron chi connectivity index (χ0n) is 17.3. The highest BCUT2D eigenvalue weighted by molar-refractivity contribution is 6.51. The molecule has 0 aliphatic carbocycles. The third-order valence-corrected chi connectivity index (χ3v) is 5.47. The molecule has 162 valence electrons. The lowest BCUT2D eigenvalue weighted by atomic mass is 9.99. The lowest BCUT2D eigenvalue weighted by Crippen LogP contribution is -2.29. The summed E-state index contributed by atoms with van der Waals surface area (Å²) >= 11 is 0. The Hall–Kier alpha value is -4.20. The van der Waals surface area contributed by atoms with Gasteiger partial charge in [0.05, 0.1) is 12.7 Å². The minimum atomic E-state index is -0.953. The average molecular weight is 433 g/mol. The Bertz CT molecular complexity index is 1260. The molecule has 3 aromatic rings. The second-order valence-corrected chi connectivity index (χ2v) is 7.38. The molecule has 8 heteroatoms. The largest absolute Gasteiger partial charge is 0.507 e. The van der Waals surface area contributed by atoms with Crippen molar-refractivity contribution in [2.45, 2.75) is 13.0 Å². The van der Waals surface area contributed by atoms with Gasteiger partial charge in [-0.05, 0) is 55.5 Å². The normalized spacial score (nSPS) is 18.9. The molecule has 1 N–H and O–H groups in total. The first-order chi connectivity index (χ1) is 15.5. The summed E-state index contributed by atoms with van der Waals surface area (Å²) < 4.78 is 21.7. The van der Waals surface area contributed by atoms with Crippen molar-refractivity contribution in [3.05, 3.63) is 77.3 Å². The maximum absolute atomic E-state index is 13.1. The predicted octanol–water partition coefficient (Wildman–Crippen LogP) is 3.95. The molecule has 1 atom stereocenters.